The summed E-state index contributed by atoms with van der Waals surface area (Å²) in [6, 6.07) is 15.8. The van der Waals surface area contributed by atoms with Gasteiger partial charge in [-0.15, -0.1) is 0 Å². The van der Waals surface area contributed by atoms with Gasteiger partial charge >= 0.3 is 0 Å². The van der Waals surface area contributed by atoms with E-state index < -0.39 is 6.04 Å². The number of rotatable bonds is 8. The second kappa shape index (κ2) is 9.91. The van der Waals surface area contributed by atoms with Gasteiger partial charge in [0.1, 0.15) is 6.04 Å². The Labute approximate surface area is 162 Å². The van der Waals surface area contributed by atoms with Crippen molar-refractivity contribution < 1.29 is 9.59 Å². The lowest BCUT2D eigenvalue weighted by atomic mass is 10.0. The van der Waals surface area contributed by atoms with Gasteiger partial charge in [-0.1, -0.05) is 61.0 Å². The zero-order chi connectivity index (χ0) is 19.8. The normalized spacial score (nSPS) is 11.7. The van der Waals surface area contributed by atoms with E-state index in [0.717, 1.165) is 16.7 Å². The van der Waals surface area contributed by atoms with Crippen LogP contribution in [0.25, 0.3) is 0 Å². The molecule has 0 fully saturated rings. The third-order valence-corrected chi connectivity index (χ3v) is 4.98. The molecule has 27 heavy (non-hydrogen) atoms. The molecule has 0 saturated carbocycles. The van der Waals surface area contributed by atoms with E-state index in [-0.39, 0.29) is 11.8 Å². The number of likely N-dealkylation sites (N-methyl/N-ethyl adjacent to an activating group) is 1. The minimum Gasteiger partial charge on any atom is -0.357 e. The Morgan fingerprint density at radius 1 is 1.04 bits per heavy atom. The summed E-state index contributed by atoms with van der Waals surface area (Å²) in [4.78, 5) is 27.2. The van der Waals surface area contributed by atoms with Crippen LogP contribution < -0.4 is 5.32 Å². The monoisotopic (exact) mass is 366 g/mol. The van der Waals surface area contributed by atoms with Gasteiger partial charge in [0.05, 0.1) is 0 Å². The molecule has 0 aliphatic rings. The number of carbonyl (C=O) groups excluding carboxylic acids is 2. The summed E-state index contributed by atoms with van der Waals surface area (Å²) in [6.45, 7) is 6.47. The third-order valence-electron chi connectivity index (χ3n) is 4.98. The van der Waals surface area contributed by atoms with Crippen molar-refractivity contribution in [2.45, 2.75) is 52.6 Å². The minimum atomic E-state index is -0.458. The standard InChI is InChI=1S/C23H30N2O2/c1-5-21(23(27)24-4)25(16-20-9-7-6-8-18(20)3)22(26)15-14-19-12-10-17(2)11-13-19/h6-13,21H,5,14-16H2,1-4H3,(H,24,27)/t21-/m0/s1. The molecule has 0 aliphatic heterocycles. The van der Waals surface area contributed by atoms with Crippen molar-refractivity contribution in [3.8, 4) is 0 Å². The lowest BCUT2D eigenvalue weighted by Gasteiger charge is -2.31. The molecule has 2 aromatic carbocycles. The summed E-state index contributed by atoms with van der Waals surface area (Å²) < 4.78 is 0. The Hall–Kier alpha value is -2.62. The summed E-state index contributed by atoms with van der Waals surface area (Å²) in [5.74, 6) is -0.107. The van der Waals surface area contributed by atoms with Gasteiger partial charge in [-0.3, -0.25) is 9.59 Å². The van der Waals surface area contributed by atoms with E-state index in [0.29, 0.717) is 25.8 Å². The number of amides is 2. The maximum atomic E-state index is 13.1. The number of nitrogens with zero attached hydrogens (tertiary/aromatic N) is 1. The summed E-state index contributed by atoms with van der Waals surface area (Å²) >= 11 is 0. The van der Waals surface area contributed by atoms with Crippen molar-refractivity contribution in [1.82, 2.24) is 10.2 Å². The predicted molar refractivity (Wildman–Crippen MR) is 109 cm³/mol. The molecule has 4 heteroatoms. The first kappa shape index (κ1) is 20.7. The van der Waals surface area contributed by atoms with Crippen LogP contribution in [0.5, 0.6) is 0 Å². The molecule has 0 radical (unpaired) electrons. The van der Waals surface area contributed by atoms with Crippen molar-refractivity contribution in [3.05, 3.63) is 70.8 Å². The SMILES string of the molecule is CC[C@@H](C(=O)NC)N(Cc1ccccc1C)C(=O)CCc1ccc(C)cc1. The number of benzene rings is 2. The van der Waals surface area contributed by atoms with E-state index in [1.54, 1.807) is 11.9 Å². The number of nitrogens with one attached hydrogen (secondary N) is 1. The fourth-order valence-corrected chi connectivity index (χ4v) is 3.21. The molecule has 144 valence electrons. The first-order chi connectivity index (χ1) is 13.0. The van der Waals surface area contributed by atoms with Crippen LogP contribution in [0.2, 0.25) is 0 Å². The quantitative estimate of drug-likeness (QED) is 0.773. The van der Waals surface area contributed by atoms with E-state index in [1.807, 2.05) is 45.0 Å². The Bertz CT molecular complexity index is 768. The molecule has 1 atom stereocenters. The summed E-state index contributed by atoms with van der Waals surface area (Å²) in [7, 11) is 1.62. The van der Waals surface area contributed by atoms with Crippen LogP contribution in [0.1, 0.15) is 42.0 Å². The summed E-state index contributed by atoms with van der Waals surface area (Å²) in [5, 5.41) is 2.70. The van der Waals surface area contributed by atoms with Crippen LogP contribution in [0.15, 0.2) is 48.5 Å². The first-order valence-electron chi connectivity index (χ1n) is 9.57. The minimum absolute atomic E-state index is 0.00859. The van der Waals surface area contributed by atoms with E-state index in [1.165, 1.54) is 5.56 Å². The van der Waals surface area contributed by atoms with Crippen LogP contribution in [-0.2, 0) is 22.6 Å². The zero-order valence-electron chi connectivity index (χ0n) is 16.8. The van der Waals surface area contributed by atoms with Gasteiger partial charge in [0.15, 0.2) is 0 Å². The van der Waals surface area contributed by atoms with Crippen molar-refractivity contribution in [3.63, 3.8) is 0 Å². The average Bonchev–Trinajstić information content (AvgIpc) is 2.68. The number of aryl methyl sites for hydroxylation is 3. The topological polar surface area (TPSA) is 49.4 Å². The molecule has 0 bridgehead atoms. The van der Waals surface area contributed by atoms with Crippen LogP contribution in [0, 0.1) is 13.8 Å². The molecule has 2 rings (SSSR count). The molecule has 0 heterocycles. The Morgan fingerprint density at radius 2 is 1.70 bits per heavy atom. The van der Waals surface area contributed by atoms with Gasteiger partial charge in [-0.05, 0) is 43.4 Å². The number of carbonyl (C=O) groups is 2. The molecule has 4 nitrogen and oxygen atoms in total. The van der Waals surface area contributed by atoms with Gasteiger partial charge in [0, 0.05) is 20.0 Å². The van der Waals surface area contributed by atoms with E-state index >= 15 is 0 Å². The van der Waals surface area contributed by atoms with E-state index in [4.69, 9.17) is 0 Å². The van der Waals surface area contributed by atoms with Crippen LogP contribution in [0.3, 0.4) is 0 Å². The first-order valence-corrected chi connectivity index (χ1v) is 9.57. The average molecular weight is 367 g/mol. The maximum absolute atomic E-state index is 13.1. The Morgan fingerprint density at radius 3 is 2.30 bits per heavy atom. The van der Waals surface area contributed by atoms with E-state index in [2.05, 4.69) is 29.6 Å². The molecule has 1 N–H and O–H groups in total. The van der Waals surface area contributed by atoms with Crippen molar-refractivity contribution >= 4 is 11.8 Å². The molecule has 2 aromatic rings. The Balaban J connectivity index is 2.19. The summed E-state index contributed by atoms with van der Waals surface area (Å²) in [6.07, 6.45) is 1.65. The maximum Gasteiger partial charge on any atom is 0.242 e. The van der Waals surface area contributed by atoms with Gasteiger partial charge in [-0.2, -0.15) is 0 Å². The fraction of sp³-hybridized carbons (Fsp3) is 0.391. The molecule has 0 saturated heterocycles. The molecule has 0 aromatic heterocycles. The van der Waals surface area contributed by atoms with Crippen molar-refractivity contribution in [2.24, 2.45) is 0 Å². The highest BCUT2D eigenvalue weighted by Crippen LogP contribution is 2.17. The zero-order valence-corrected chi connectivity index (χ0v) is 16.8. The smallest absolute Gasteiger partial charge is 0.242 e. The van der Waals surface area contributed by atoms with Gasteiger partial charge in [-0.25, -0.2) is 0 Å². The van der Waals surface area contributed by atoms with Crippen LogP contribution in [0.4, 0.5) is 0 Å². The van der Waals surface area contributed by atoms with Gasteiger partial charge < -0.3 is 10.2 Å². The molecule has 2 amide bonds. The van der Waals surface area contributed by atoms with Crippen LogP contribution >= 0.6 is 0 Å². The Kier molecular flexibility index (Phi) is 7.59. The molecule has 0 aliphatic carbocycles. The fourth-order valence-electron chi connectivity index (χ4n) is 3.21. The van der Waals surface area contributed by atoms with Gasteiger partial charge in [0.25, 0.3) is 0 Å². The predicted octanol–water partition coefficient (Wildman–Crippen LogP) is 3.79. The molecule has 0 spiro atoms. The van der Waals surface area contributed by atoms with Crippen molar-refractivity contribution in [1.29, 1.82) is 0 Å². The van der Waals surface area contributed by atoms with Crippen LogP contribution in [-0.4, -0.2) is 29.8 Å². The number of hydrogen-bond acceptors (Lipinski definition) is 2. The second-order valence-corrected chi connectivity index (χ2v) is 6.97. The lowest BCUT2D eigenvalue weighted by Crippen LogP contribution is -2.48. The number of hydrogen-bond donors (Lipinski definition) is 1. The highest BCUT2D eigenvalue weighted by molar-refractivity contribution is 5.87. The van der Waals surface area contributed by atoms with E-state index in [9.17, 15) is 9.59 Å². The molecular formula is C23H30N2O2. The second-order valence-electron chi connectivity index (χ2n) is 6.97. The third kappa shape index (κ3) is 5.68. The molecular weight excluding hydrogens is 336 g/mol. The molecule has 0 unspecified atom stereocenters. The van der Waals surface area contributed by atoms with Crippen molar-refractivity contribution in [2.75, 3.05) is 7.05 Å². The van der Waals surface area contributed by atoms with Gasteiger partial charge in [0.2, 0.25) is 11.8 Å². The highest BCUT2D eigenvalue weighted by atomic mass is 16.2. The highest BCUT2D eigenvalue weighted by Gasteiger charge is 2.27. The largest absolute Gasteiger partial charge is 0.357 e. The summed E-state index contributed by atoms with van der Waals surface area (Å²) in [5.41, 5.74) is 4.54. The lowest BCUT2D eigenvalue weighted by molar-refractivity contribution is -0.141.